The van der Waals surface area contributed by atoms with Crippen LogP contribution in [-0.4, -0.2) is 33.5 Å². The third-order valence-electron chi connectivity index (χ3n) is 6.81. The van der Waals surface area contributed by atoms with Gasteiger partial charge in [0.1, 0.15) is 5.82 Å². The molecule has 4 nitrogen and oxygen atoms in total. The molecule has 0 aliphatic heterocycles. The van der Waals surface area contributed by atoms with Gasteiger partial charge in [-0.15, -0.1) is 0 Å². The molecule has 5 heteroatoms. The van der Waals surface area contributed by atoms with Gasteiger partial charge < -0.3 is 15.3 Å². The van der Waals surface area contributed by atoms with Crippen molar-refractivity contribution in [3.8, 4) is 0 Å². The first kappa shape index (κ1) is 32.5. The van der Waals surface area contributed by atoms with Gasteiger partial charge in [-0.05, 0) is 78.5 Å². The molecule has 1 unspecified atom stereocenters. The lowest BCUT2D eigenvalue weighted by Gasteiger charge is -2.26. The zero-order chi connectivity index (χ0) is 28.3. The number of aliphatic carboxylic acids is 1. The fourth-order valence-electron chi connectivity index (χ4n) is 4.61. The second-order valence-electron chi connectivity index (χ2n) is 10.5. The number of carbonyl (C=O) groups is 1. The quantitative estimate of drug-likeness (QED) is 0.221. The van der Waals surface area contributed by atoms with E-state index >= 15 is 0 Å². The molecule has 0 heterocycles. The van der Waals surface area contributed by atoms with Gasteiger partial charge in [-0.25, -0.2) is 4.39 Å². The zero-order valence-corrected chi connectivity index (χ0v) is 23.9. The molecule has 0 fully saturated rings. The Morgan fingerprint density at radius 1 is 1.00 bits per heavy atom. The number of aliphatic hydroxyl groups is 2. The van der Waals surface area contributed by atoms with Gasteiger partial charge >= 0.3 is 5.97 Å². The van der Waals surface area contributed by atoms with Gasteiger partial charge in [-0.1, -0.05) is 83.4 Å². The molecule has 1 rings (SSSR count). The van der Waals surface area contributed by atoms with E-state index in [1.807, 2.05) is 18.2 Å². The highest BCUT2D eigenvalue weighted by Crippen LogP contribution is 2.40. The topological polar surface area (TPSA) is 77.8 Å². The molecule has 1 aromatic carbocycles. The van der Waals surface area contributed by atoms with E-state index in [0.29, 0.717) is 5.92 Å². The summed E-state index contributed by atoms with van der Waals surface area (Å²) in [5, 5.41) is 29.7. The molecule has 0 aromatic heterocycles. The summed E-state index contributed by atoms with van der Waals surface area (Å²) >= 11 is 0. The van der Waals surface area contributed by atoms with Crippen LogP contribution in [0.2, 0.25) is 0 Å². The van der Waals surface area contributed by atoms with E-state index in [-0.39, 0.29) is 18.2 Å². The molecule has 3 N–H and O–H groups in total. The summed E-state index contributed by atoms with van der Waals surface area (Å²) in [6.07, 6.45) is 3.56. The summed E-state index contributed by atoms with van der Waals surface area (Å²) in [7, 11) is 0. The Labute approximate surface area is 223 Å². The predicted octanol–water partition coefficient (Wildman–Crippen LogP) is 7.88. The molecule has 0 amide bonds. The lowest BCUT2D eigenvalue weighted by Crippen LogP contribution is -2.19. The molecule has 2 atom stereocenters. The van der Waals surface area contributed by atoms with Crippen LogP contribution in [-0.2, 0) is 4.79 Å². The van der Waals surface area contributed by atoms with Crippen LogP contribution in [0.25, 0.3) is 5.57 Å². The van der Waals surface area contributed by atoms with E-state index < -0.39 is 24.6 Å². The van der Waals surface area contributed by atoms with Crippen molar-refractivity contribution in [2.45, 2.75) is 99.7 Å². The van der Waals surface area contributed by atoms with Crippen molar-refractivity contribution in [3.63, 3.8) is 0 Å². The Morgan fingerprint density at radius 2 is 1.59 bits per heavy atom. The standard InChI is InChI=1S/C32H47FO4/c1-9-11-28(23(8)20(3)4)32(24-12-14-25(33)15-13-24)29(31(21(5)6)22(7)10-2)17-16-26(34)18-27(35)19-30(36)37/h12-17,20-21,26-27,34-35H,9-11,18-19H2,1-8H3,(H,36,37)/b17-16+,28-23+,31-22?,32-29-/t26-,27?/m1/s1. The number of rotatable bonds is 14. The molecule has 0 saturated heterocycles. The second kappa shape index (κ2) is 15.7. The lowest BCUT2D eigenvalue weighted by molar-refractivity contribution is -0.139. The predicted molar refractivity (Wildman–Crippen MR) is 152 cm³/mol. The molecular formula is C32H47FO4. The summed E-state index contributed by atoms with van der Waals surface area (Å²) in [6.45, 7) is 17.2. The van der Waals surface area contributed by atoms with Gasteiger partial charge in [-0.2, -0.15) is 0 Å². The number of hydrogen-bond acceptors (Lipinski definition) is 3. The summed E-state index contributed by atoms with van der Waals surface area (Å²) in [5.74, 6) is -0.899. The highest BCUT2D eigenvalue weighted by Gasteiger charge is 2.22. The highest BCUT2D eigenvalue weighted by atomic mass is 19.1. The molecule has 0 saturated carbocycles. The van der Waals surface area contributed by atoms with Gasteiger partial charge in [0.05, 0.1) is 18.6 Å². The van der Waals surface area contributed by atoms with Gasteiger partial charge in [0.2, 0.25) is 0 Å². The molecule has 0 spiro atoms. The number of hydrogen-bond donors (Lipinski definition) is 3. The van der Waals surface area contributed by atoms with Gasteiger partial charge in [0, 0.05) is 6.42 Å². The minimum Gasteiger partial charge on any atom is -0.481 e. The number of benzene rings is 1. The van der Waals surface area contributed by atoms with Crippen molar-refractivity contribution >= 4 is 11.5 Å². The molecule has 0 radical (unpaired) electrons. The van der Waals surface area contributed by atoms with E-state index in [1.165, 1.54) is 34.4 Å². The van der Waals surface area contributed by atoms with Crippen LogP contribution in [0.5, 0.6) is 0 Å². The maximum Gasteiger partial charge on any atom is 0.305 e. The average Bonchev–Trinajstić information content (AvgIpc) is 2.81. The van der Waals surface area contributed by atoms with Crippen LogP contribution in [0.4, 0.5) is 4.39 Å². The Bertz CT molecular complexity index is 1010. The van der Waals surface area contributed by atoms with Gasteiger partial charge in [-0.3, -0.25) is 4.79 Å². The Kier molecular flexibility index (Phi) is 13.8. The van der Waals surface area contributed by atoms with Crippen molar-refractivity contribution in [1.82, 2.24) is 0 Å². The molecule has 0 aliphatic rings. The van der Waals surface area contributed by atoms with E-state index in [9.17, 15) is 19.4 Å². The fourth-order valence-corrected chi connectivity index (χ4v) is 4.61. The number of aliphatic hydroxyl groups excluding tert-OH is 2. The van der Waals surface area contributed by atoms with Gasteiger partial charge in [0.15, 0.2) is 0 Å². The van der Waals surface area contributed by atoms with Crippen molar-refractivity contribution in [2.24, 2.45) is 11.8 Å². The van der Waals surface area contributed by atoms with E-state index in [1.54, 1.807) is 6.08 Å². The largest absolute Gasteiger partial charge is 0.481 e. The first-order valence-electron chi connectivity index (χ1n) is 13.5. The van der Waals surface area contributed by atoms with Crippen LogP contribution in [0.15, 0.2) is 64.3 Å². The second-order valence-corrected chi connectivity index (χ2v) is 10.5. The minimum atomic E-state index is -1.14. The summed E-state index contributed by atoms with van der Waals surface area (Å²) in [5.41, 5.74) is 7.78. The summed E-state index contributed by atoms with van der Waals surface area (Å²) in [4.78, 5) is 11.0. The van der Waals surface area contributed by atoms with Crippen molar-refractivity contribution in [1.29, 1.82) is 0 Å². The van der Waals surface area contributed by atoms with E-state index in [4.69, 9.17) is 5.11 Å². The summed E-state index contributed by atoms with van der Waals surface area (Å²) < 4.78 is 14.0. The molecule has 206 valence electrons. The van der Waals surface area contributed by atoms with Crippen molar-refractivity contribution < 1.29 is 24.5 Å². The normalized spacial score (nSPS) is 16.0. The number of carboxylic acid groups (broad SMARTS) is 1. The van der Waals surface area contributed by atoms with Crippen LogP contribution in [0.1, 0.15) is 93.1 Å². The smallest absolute Gasteiger partial charge is 0.305 e. The molecule has 0 aliphatic carbocycles. The first-order chi connectivity index (χ1) is 17.3. The number of carboxylic acids is 1. The van der Waals surface area contributed by atoms with E-state index in [0.717, 1.165) is 36.0 Å². The van der Waals surface area contributed by atoms with Crippen LogP contribution >= 0.6 is 0 Å². The molecular weight excluding hydrogens is 467 g/mol. The van der Waals surface area contributed by atoms with Gasteiger partial charge in [0.25, 0.3) is 0 Å². The fraction of sp³-hybridized carbons (Fsp3) is 0.531. The van der Waals surface area contributed by atoms with Crippen LogP contribution in [0, 0.1) is 17.7 Å². The third-order valence-corrected chi connectivity index (χ3v) is 6.81. The molecule has 37 heavy (non-hydrogen) atoms. The van der Waals surface area contributed by atoms with Crippen molar-refractivity contribution in [3.05, 3.63) is 75.7 Å². The Morgan fingerprint density at radius 3 is 2.05 bits per heavy atom. The number of allylic oxidation sites excluding steroid dienone is 7. The van der Waals surface area contributed by atoms with Crippen molar-refractivity contribution in [2.75, 3.05) is 0 Å². The lowest BCUT2D eigenvalue weighted by atomic mass is 9.79. The summed E-state index contributed by atoms with van der Waals surface area (Å²) in [6, 6.07) is 6.59. The molecule has 1 aromatic rings. The first-order valence-corrected chi connectivity index (χ1v) is 13.5. The SMILES string of the molecule is CCCC(/C(=C(/C=C/[C@@H](O)CC(O)CC(=O)O)C(=C(C)CC)C(C)C)c1ccc(F)cc1)=C(/C)C(C)C. The van der Waals surface area contributed by atoms with Crippen LogP contribution in [0.3, 0.4) is 0 Å². The third kappa shape index (κ3) is 10.1. The highest BCUT2D eigenvalue weighted by molar-refractivity contribution is 5.87. The average molecular weight is 515 g/mol. The zero-order valence-electron chi connectivity index (χ0n) is 23.9. The maximum absolute atomic E-state index is 14.0. The van der Waals surface area contributed by atoms with Crippen LogP contribution < -0.4 is 0 Å². The number of halogens is 1. The maximum atomic E-state index is 14.0. The Balaban J connectivity index is 4.06. The molecule has 0 bridgehead atoms. The minimum absolute atomic E-state index is 0.0713. The van der Waals surface area contributed by atoms with E-state index in [2.05, 4.69) is 55.4 Å². The Hall–Kier alpha value is -2.50. The monoisotopic (exact) mass is 514 g/mol.